The molecule has 1 aromatic rings. The molecule has 4 heteroatoms. The van der Waals surface area contributed by atoms with E-state index < -0.39 is 0 Å². The topological polar surface area (TPSA) is 20.3 Å². The van der Waals surface area contributed by atoms with Crippen molar-refractivity contribution in [3.05, 3.63) is 34.9 Å². The van der Waals surface area contributed by atoms with Gasteiger partial charge < -0.3 is 4.90 Å². The van der Waals surface area contributed by atoms with Gasteiger partial charge in [0.1, 0.15) is 0 Å². The van der Waals surface area contributed by atoms with Crippen molar-refractivity contribution in [1.29, 1.82) is 0 Å². The van der Waals surface area contributed by atoms with E-state index in [4.69, 9.17) is 23.2 Å². The fourth-order valence-corrected chi connectivity index (χ4v) is 1.95. The maximum atomic E-state index is 12.0. The molecule has 2 nitrogen and oxygen atoms in total. The molecule has 0 aliphatic rings. The molecule has 94 valence electrons. The lowest BCUT2D eigenvalue weighted by atomic mass is 10.1. The summed E-state index contributed by atoms with van der Waals surface area (Å²) >= 11 is 11.7. The first-order chi connectivity index (χ1) is 8.19. The highest BCUT2D eigenvalue weighted by molar-refractivity contribution is 6.31. The predicted octanol–water partition coefficient (Wildman–Crippen LogP) is 3.36. The van der Waals surface area contributed by atoms with Crippen molar-refractivity contribution in [2.45, 2.75) is 19.8 Å². The molecule has 0 spiro atoms. The molecule has 0 unspecified atom stereocenters. The van der Waals surface area contributed by atoms with Gasteiger partial charge in [-0.2, -0.15) is 0 Å². The number of carbonyl (C=O) groups excluding carboxylic acids is 1. The number of carbonyl (C=O) groups is 1. The standard InChI is InChI=1S/C13H17Cl2NO/c1-2-16(9-5-8-14)13(17)10-11-6-3-4-7-12(11)15/h3-4,6-7H,2,5,8-10H2,1H3. The summed E-state index contributed by atoms with van der Waals surface area (Å²) in [5.41, 5.74) is 0.878. The largest absolute Gasteiger partial charge is 0.343 e. The molecule has 1 amide bonds. The minimum atomic E-state index is 0.103. The maximum absolute atomic E-state index is 12.0. The van der Waals surface area contributed by atoms with Gasteiger partial charge in [-0.25, -0.2) is 0 Å². The minimum absolute atomic E-state index is 0.103. The molecular weight excluding hydrogens is 257 g/mol. The summed E-state index contributed by atoms with van der Waals surface area (Å²) in [5, 5.41) is 0.647. The van der Waals surface area contributed by atoms with Crippen LogP contribution < -0.4 is 0 Å². The van der Waals surface area contributed by atoms with Crippen molar-refractivity contribution in [1.82, 2.24) is 4.90 Å². The molecule has 1 rings (SSSR count). The molecule has 0 radical (unpaired) electrons. The Morgan fingerprint density at radius 1 is 1.35 bits per heavy atom. The van der Waals surface area contributed by atoms with Crippen LogP contribution in [-0.4, -0.2) is 29.8 Å². The zero-order chi connectivity index (χ0) is 12.7. The number of nitrogens with zero attached hydrogens (tertiary/aromatic N) is 1. The number of alkyl halides is 1. The minimum Gasteiger partial charge on any atom is -0.343 e. The van der Waals surface area contributed by atoms with Gasteiger partial charge in [0, 0.05) is 24.0 Å². The molecular formula is C13H17Cl2NO. The van der Waals surface area contributed by atoms with Crippen LogP contribution in [0.5, 0.6) is 0 Å². The molecule has 0 aliphatic carbocycles. The average molecular weight is 274 g/mol. The van der Waals surface area contributed by atoms with E-state index in [-0.39, 0.29) is 5.91 Å². The molecule has 0 N–H and O–H groups in total. The van der Waals surface area contributed by atoms with Crippen LogP contribution in [0.3, 0.4) is 0 Å². The van der Waals surface area contributed by atoms with Crippen molar-refractivity contribution in [2.75, 3.05) is 19.0 Å². The van der Waals surface area contributed by atoms with Gasteiger partial charge in [-0.05, 0) is 25.0 Å². The third-order valence-electron chi connectivity index (χ3n) is 2.60. The molecule has 0 atom stereocenters. The lowest BCUT2D eigenvalue weighted by Gasteiger charge is -2.20. The van der Waals surface area contributed by atoms with Gasteiger partial charge in [-0.15, -0.1) is 11.6 Å². The summed E-state index contributed by atoms with van der Waals surface area (Å²) in [6.45, 7) is 3.39. The van der Waals surface area contributed by atoms with Gasteiger partial charge in [-0.1, -0.05) is 29.8 Å². The molecule has 1 aromatic carbocycles. The lowest BCUT2D eigenvalue weighted by Crippen LogP contribution is -2.33. The summed E-state index contributed by atoms with van der Waals surface area (Å²) < 4.78 is 0. The Morgan fingerprint density at radius 2 is 2.06 bits per heavy atom. The van der Waals surface area contributed by atoms with E-state index in [1.807, 2.05) is 30.0 Å². The summed E-state index contributed by atoms with van der Waals surface area (Å²) in [4.78, 5) is 13.8. The van der Waals surface area contributed by atoms with Crippen LogP contribution >= 0.6 is 23.2 Å². The molecule has 0 saturated heterocycles. The highest BCUT2D eigenvalue weighted by Crippen LogP contribution is 2.16. The maximum Gasteiger partial charge on any atom is 0.227 e. The van der Waals surface area contributed by atoms with E-state index in [0.717, 1.165) is 12.0 Å². The zero-order valence-electron chi connectivity index (χ0n) is 9.96. The van der Waals surface area contributed by atoms with Crippen LogP contribution in [0, 0.1) is 0 Å². The van der Waals surface area contributed by atoms with Gasteiger partial charge in [0.15, 0.2) is 0 Å². The Labute approximate surface area is 113 Å². The van der Waals surface area contributed by atoms with E-state index in [0.29, 0.717) is 30.4 Å². The second-order valence-electron chi connectivity index (χ2n) is 3.78. The first-order valence-electron chi connectivity index (χ1n) is 5.76. The molecule has 0 aromatic heterocycles. The highest BCUT2D eigenvalue weighted by Gasteiger charge is 2.13. The van der Waals surface area contributed by atoms with Crippen molar-refractivity contribution in [2.24, 2.45) is 0 Å². The summed E-state index contributed by atoms with van der Waals surface area (Å²) in [6, 6.07) is 7.44. The van der Waals surface area contributed by atoms with Gasteiger partial charge >= 0.3 is 0 Å². The number of hydrogen-bond acceptors (Lipinski definition) is 1. The Balaban J connectivity index is 2.61. The van der Waals surface area contributed by atoms with Gasteiger partial charge in [-0.3, -0.25) is 4.79 Å². The number of benzene rings is 1. The van der Waals surface area contributed by atoms with Crippen LogP contribution in [0.4, 0.5) is 0 Å². The molecule has 0 heterocycles. The monoisotopic (exact) mass is 273 g/mol. The van der Waals surface area contributed by atoms with Crippen molar-refractivity contribution >= 4 is 29.1 Å². The number of rotatable bonds is 6. The second kappa shape index (κ2) is 7.57. The number of hydrogen-bond donors (Lipinski definition) is 0. The van der Waals surface area contributed by atoms with E-state index in [1.165, 1.54) is 0 Å². The van der Waals surface area contributed by atoms with Crippen LogP contribution in [0.1, 0.15) is 18.9 Å². The van der Waals surface area contributed by atoms with E-state index in [1.54, 1.807) is 6.07 Å². The van der Waals surface area contributed by atoms with Crippen LogP contribution in [0.2, 0.25) is 5.02 Å². The third kappa shape index (κ3) is 4.57. The summed E-state index contributed by atoms with van der Waals surface area (Å²) in [5.74, 6) is 0.682. The smallest absolute Gasteiger partial charge is 0.227 e. The first-order valence-corrected chi connectivity index (χ1v) is 6.67. The normalized spacial score (nSPS) is 10.3. The first kappa shape index (κ1) is 14.3. The van der Waals surface area contributed by atoms with Gasteiger partial charge in [0.25, 0.3) is 0 Å². The Morgan fingerprint density at radius 3 is 2.65 bits per heavy atom. The Bertz CT molecular complexity index is 368. The van der Waals surface area contributed by atoms with E-state index >= 15 is 0 Å². The van der Waals surface area contributed by atoms with E-state index in [2.05, 4.69) is 0 Å². The van der Waals surface area contributed by atoms with E-state index in [9.17, 15) is 4.79 Å². The van der Waals surface area contributed by atoms with Gasteiger partial charge in [0.2, 0.25) is 5.91 Å². The van der Waals surface area contributed by atoms with Crippen molar-refractivity contribution in [3.8, 4) is 0 Å². The van der Waals surface area contributed by atoms with Crippen molar-refractivity contribution < 1.29 is 4.79 Å². The molecule has 17 heavy (non-hydrogen) atoms. The Kier molecular flexibility index (Phi) is 6.38. The lowest BCUT2D eigenvalue weighted by molar-refractivity contribution is -0.130. The van der Waals surface area contributed by atoms with Crippen LogP contribution in [0.25, 0.3) is 0 Å². The fourth-order valence-electron chi connectivity index (χ4n) is 1.63. The zero-order valence-corrected chi connectivity index (χ0v) is 11.5. The average Bonchev–Trinajstić information content (AvgIpc) is 2.33. The molecule has 0 aliphatic heterocycles. The number of likely N-dealkylation sites (N-methyl/N-ethyl adjacent to an activating group) is 1. The van der Waals surface area contributed by atoms with Crippen molar-refractivity contribution in [3.63, 3.8) is 0 Å². The predicted molar refractivity (Wildman–Crippen MR) is 72.7 cm³/mol. The fraction of sp³-hybridized carbons (Fsp3) is 0.462. The van der Waals surface area contributed by atoms with Crippen LogP contribution in [0.15, 0.2) is 24.3 Å². The third-order valence-corrected chi connectivity index (χ3v) is 3.23. The molecule has 0 saturated carbocycles. The SMILES string of the molecule is CCN(CCCCl)C(=O)Cc1ccccc1Cl. The highest BCUT2D eigenvalue weighted by atomic mass is 35.5. The Hall–Kier alpha value is -0.730. The quantitative estimate of drug-likeness (QED) is 0.728. The molecule has 0 fully saturated rings. The van der Waals surface area contributed by atoms with Gasteiger partial charge in [0.05, 0.1) is 6.42 Å². The van der Waals surface area contributed by atoms with Crippen LogP contribution in [-0.2, 0) is 11.2 Å². The number of amides is 1. The molecule has 0 bridgehead atoms. The second-order valence-corrected chi connectivity index (χ2v) is 4.57. The summed E-state index contributed by atoms with van der Waals surface area (Å²) in [6.07, 6.45) is 1.18. The summed E-state index contributed by atoms with van der Waals surface area (Å²) in [7, 11) is 0. The number of halogens is 2.